The van der Waals surface area contributed by atoms with Gasteiger partial charge in [0.2, 0.25) is 0 Å². The largest absolute Gasteiger partial charge is 0.335 e. The van der Waals surface area contributed by atoms with Gasteiger partial charge < -0.3 is 4.90 Å². The minimum absolute atomic E-state index is 0.0666. The Hall–Kier alpha value is -3.06. The third-order valence-corrected chi connectivity index (χ3v) is 4.84. The number of carbonyl (C=O) groups is 1. The normalized spacial score (nSPS) is 10.9. The van der Waals surface area contributed by atoms with E-state index in [2.05, 4.69) is 15.0 Å². The van der Waals surface area contributed by atoms with Gasteiger partial charge in [0, 0.05) is 31.2 Å². The number of benzene rings is 1. The van der Waals surface area contributed by atoms with Crippen molar-refractivity contribution in [2.75, 3.05) is 7.05 Å². The van der Waals surface area contributed by atoms with E-state index in [1.54, 1.807) is 64.9 Å². The van der Waals surface area contributed by atoms with Crippen LogP contribution >= 0.6 is 11.3 Å². The van der Waals surface area contributed by atoms with Crippen molar-refractivity contribution in [3.05, 3.63) is 71.9 Å². The Bertz CT molecular complexity index is 992. The molecule has 3 heterocycles. The molecule has 124 valence electrons. The zero-order valence-electron chi connectivity index (χ0n) is 13.5. The first-order valence-corrected chi connectivity index (χ1v) is 8.56. The third kappa shape index (κ3) is 3.14. The van der Waals surface area contributed by atoms with Crippen LogP contribution in [0.5, 0.6) is 0 Å². The lowest BCUT2D eigenvalue weighted by Crippen LogP contribution is -2.26. The van der Waals surface area contributed by atoms with Crippen LogP contribution in [0.1, 0.15) is 15.4 Å². The third-order valence-electron chi connectivity index (χ3n) is 3.82. The Morgan fingerprint density at radius 1 is 1.24 bits per heavy atom. The maximum absolute atomic E-state index is 12.7. The maximum Gasteiger partial charge on any atom is 0.254 e. The molecule has 0 saturated carbocycles. The van der Waals surface area contributed by atoms with Gasteiger partial charge in [0.1, 0.15) is 17.2 Å². The molecule has 0 unspecified atom stereocenters. The van der Waals surface area contributed by atoms with Crippen molar-refractivity contribution in [3.8, 4) is 5.82 Å². The predicted molar refractivity (Wildman–Crippen MR) is 96.8 cm³/mol. The number of nitrogens with zero attached hydrogens (tertiary/aromatic N) is 5. The van der Waals surface area contributed by atoms with Gasteiger partial charge in [0.15, 0.2) is 0 Å². The number of imidazole rings is 1. The standard InChI is InChI=1S/C18H15N5OS/c1-22(11-17-21-14-4-2-3-5-15(14)25-17)18(24)13-6-7-20-16(10-13)23-9-8-19-12-23/h2-10,12H,11H2,1H3. The first-order valence-electron chi connectivity index (χ1n) is 7.75. The molecule has 0 aliphatic heterocycles. The topological polar surface area (TPSA) is 63.9 Å². The summed E-state index contributed by atoms with van der Waals surface area (Å²) in [6.45, 7) is 0.473. The van der Waals surface area contributed by atoms with Crippen molar-refractivity contribution in [1.82, 2.24) is 24.4 Å². The number of amides is 1. The second kappa shape index (κ2) is 6.45. The van der Waals surface area contributed by atoms with Crippen LogP contribution in [0.4, 0.5) is 0 Å². The van der Waals surface area contributed by atoms with Crippen LogP contribution in [0.2, 0.25) is 0 Å². The Morgan fingerprint density at radius 3 is 2.92 bits per heavy atom. The van der Waals surface area contributed by atoms with E-state index in [0.717, 1.165) is 15.2 Å². The molecule has 1 amide bonds. The minimum atomic E-state index is -0.0666. The zero-order valence-corrected chi connectivity index (χ0v) is 14.3. The van der Waals surface area contributed by atoms with Gasteiger partial charge in [-0.15, -0.1) is 11.3 Å². The van der Waals surface area contributed by atoms with E-state index < -0.39 is 0 Å². The lowest BCUT2D eigenvalue weighted by molar-refractivity contribution is 0.0785. The molecule has 25 heavy (non-hydrogen) atoms. The second-order valence-corrected chi connectivity index (χ2v) is 6.72. The monoisotopic (exact) mass is 349 g/mol. The highest BCUT2D eigenvalue weighted by Crippen LogP contribution is 2.22. The molecule has 0 fully saturated rings. The molecule has 0 N–H and O–H groups in total. The fourth-order valence-electron chi connectivity index (χ4n) is 2.57. The van der Waals surface area contributed by atoms with Crippen molar-refractivity contribution in [2.45, 2.75) is 6.54 Å². The van der Waals surface area contributed by atoms with E-state index >= 15 is 0 Å². The molecule has 1 aromatic carbocycles. The van der Waals surface area contributed by atoms with Crippen LogP contribution in [0.15, 0.2) is 61.3 Å². The summed E-state index contributed by atoms with van der Waals surface area (Å²) in [4.78, 5) is 27.3. The molecule has 0 aliphatic rings. The van der Waals surface area contributed by atoms with Gasteiger partial charge in [0.05, 0.1) is 16.8 Å². The molecule has 7 heteroatoms. The van der Waals surface area contributed by atoms with Crippen LogP contribution in [0, 0.1) is 0 Å². The van der Waals surface area contributed by atoms with Gasteiger partial charge in [-0.1, -0.05) is 12.1 Å². The zero-order chi connectivity index (χ0) is 17.2. The number of fused-ring (bicyclic) bond motifs is 1. The fraction of sp³-hybridized carbons (Fsp3) is 0.111. The number of thiazole rings is 1. The molecule has 6 nitrogen and oxygen atoms in total. The van der Waals surface area contributed by atoms with Crippen LogP contribution in [0.3, 0.4) is 0 Å². The van der Waals surface area contributed by atoms with E-state index in [4.69, 9.17) is 0 Å². The highest BCUT2D eigenvalue weighted by Gasteiger charge is 2.15. The molecular weight excluding hydrogens is 334 g/mol. The van der Waals surface area contributed by atoms with Crippen molar-refractivity contribution < 1.29 is 4.79 Å². The predicted octanol–water partition coefficient (Wildman–Crippen LogP) is 3.15. The van der Waals surface area contributed by atoms with Crippen LogP contribution in [-0.2, 0) is 6.54 Å². The number of aromatic nitrogens is 4. The summed E-state index contributed by atoms with van der Waals surface area (Å²) in [6, 6.07) is 11.5. The number of hydrogen-bond donors (Lipinski definition) is 0. The van der Waals surface area contributed by atoms with Gasteiger partial charge in [-0.25, -0.2) is 15.0 Å². The summed E-state index contributed by atoms with van der Waals surface area (Å²) in [5.74, 6) is 0.597. The highest BCUT2D eigenvalue weighted by atomic mass is 32.1. The fourth-order valence-corrected chi connectivity index (χ4v) is 3.59. The lowest BCUT2D eigenvalue weighted by atomic mass is 10.2. The summed E-state index contributed by atoms with van der Waals surface area (Å²) in [5, 5.41) is 0.918. The number of hydrogen-bond acceptors (Lipinski definition) is 5. The minimum Gasteiger partial charge on any atom is -0.335 e. The second-order valence-electron chi connectivity index (χ2n) is 5.61. The van der Waals surface area contributed by atoms with E-state index in [1.807, 2.05) is 24.3 Å². The van der Waals surface area contributed by atoms with Gasteiger partial charge in [0.25, 0.3) is 5.91 Å². The van der Waals surface area contributed by atoms with Gasteiger partial charge in [-0.3, -0.25) is 9.36 Å². The molecule has 0 aliphatic carbocycles. The number of rotatable bonds is 4. The average molecular weight is 349 g/mol. The molecule has 0 saturated heterocycles. The summed E-state index contributed by atoms with van der Waals surface area (Å²) >= 11 is 1.61. The molecule has 0 spiro atoms. The van der Waals surface area contributed by atoms with Crippen molar-refractivity contribution >= 4 is 27.5 Å². The first-order chi connectivity index (χ1) is 12.2. The summed E-state index contributed by atoms with van der Waals surface area (Å²) in [7, 11) is 1.78. The van der Waals surface area contributed by atoms with Gasteiger partial charge in [-0.2, -0.15) is 0 Å². The van der Waals surface area contributed by atoms with Crippen molar-refractivity contribution in [2.24, 2.45) is 0 Å². The molecule has 4 rings (SSSR count). The van der Waals surface area contributed by atoms with Crippen molar-refractivity contribution in [1.29, 1.82) is 0 Å². The van der Waals surface area contributed by atoms with Crippen LogP contribution < -0.4 is 0 Å². The summed E-state index contributed by atoms with van der Waals surface area (Å²) < 4.78 is 2.90. The molecular formula is C18H15N5OS. The number of pyridine rings is 1. The highest BCUT2D eigenvalue weighted by molar-refractivity contribution is 7.18. The molecule has 0 atom stereocenters. The quantitative estimate of drug-likeness (QED) is 0.568. The molecule has 3 aromatic heterocycles. The Morgan fingerprint density at radius 2 is 2.12 bits per heavy atom. The van der Waals surface area contributed by atoms with Crippen LogP contribution in [-0.4, -0.2) is 37.4 Å². The molecule has 0 radical (unpaired) electrons. The number of para-hydroxylation sites is 1. The molecule has 4 aromatic rings. The Kier molecular flexibility index (Phi) is 3.99. The average Bonchev–Trinajstić information content (AvgIpc) is 3.30. The first kappa shape index (κ1) is 15.5. The molecule has 0 bridgehead atoms. The summed E-state index contributed by atoms with van der Waals surface area (Å²) in [5.41, 5.74) is 1.55. The van der Waals surface area contributed by atoms with E-state index in [1.165, 1.54) is 0 Å². The van der Waals surface area contributed by atoms with Gasteiger partial charge in [-0.05, 0) is 24.3 Å². The Balaban J connectivity index is 1.55. The number of carbonyl (C=O) groups excluding carboxylic acids is 1. The van der Waals surface area contributed by atoms with Crippen molar-refractivity contribution in [3.63, 3.8) is 0 Å². The van der Waals surface area contributed by atoms with Gasteiger partial charge >= 0.3 is 0 Å². The SMILES string of the molecule is CN(Cc1nc2ccccc2s1)C(=O)c1ccnc(-n2ccnc2)c1. The smallest absolute Gasteiger partial charge is 0.254 e. The summed E-state index contributed by atoms with van der Waals surface area (Å²) in [6.07, 6.45) is 6.76. The van der Waals surface area contributed by atoms with E-state index in [9.17, 15) is 4.79 Å². The van der Waals surface area contributed by atoms with E-state index in [0.29, 0.717) is 17.9 Å². The van der Waals surface area contributed by atoms with E-state index in [-0.39, 0.29) is 5.91 Å². The van der Waals surface area contributed by atoms with Crippen LogP contribution in [0.25, 0.3) is 16.0 Å². The maximum atomic E-state index is 12.7. The Labute approximate surface area is 148 Å². The lowest BCUT2D eigenvalue weighted by Gasteiger charge is -2.16.